The van der Waals surface area contributed by atoms with Crippen LogP contribution < -0.4 is 9.64 Å². The third kappa shape index (κ3) is 3.14. The molecule has 0 aliphatic carbocycles. The molecule has 0 fully saturated rings. The number of anilines is 2. The molecule has 25 heavy (non-hydrogen) atoms. The standard InChI is InChI=1S/C19H16N2O4/c1-12(22)21(15-7-5-13(6-8-15)19(23)24)17-11-16(25-2)10-14-4-3-9-20-18(14)17/h3-11H,1-2H3,(H,23,24). The number of carboxylic acid groups (broad SMARTS) is 1. The fraction of sp³-hybridized carbons (Fsp3) is 0.105. The average Bonchev–Trinajstić information content (AvgIpc) is 2.61. The molecule has 0 radical (unpaired) electrons. The Kier molecular flexibility index (Phi) is 4.35. The molecule has 0 aliphatic rings. The van der Waals surface area contributed by atoms with Crippen molar-refractivity contribution in [3.63, 3.8) is 0 Å². The number of hydrogen-bond acceptors (Lipinski definition) is 4. The summed E-state index contributed by atoms with van der Waals surface area (Å²) in [5.41, 5.74) is 1.94. The fourth-order valence-electron chi connectivity index (χ4n) is 2.68. The fourth-order valence-corrected chi connectivity index (χ4v) is 2.68. The van der Waals surface area contributed by atoms with Crippen LogP contribution in [-0.4, -0.2) is 29.1 Å². The first-order chi connectivity index (χ1) is 12.0. The van der Waals surface area contributed by atoms with Crippen LogP contribution in [0.25, 0.3) is 10.9 Å². The van der Waals surface area contributed by atoms with Crippen LogP contribution in [0.15, 0.2) is 54.7 Å². The van der Waals surface area contributed by atoms with Crippen molar-refractivity contribution in [2.75, 3.05) is 12.0 Å². The minimum absolute atomic E-state index is 0.154. The number of rotatable bonds is 4. The van der Waals surface area contributed by atoms with E-state index >= 15 is 0 Å². The predicted molar refractivity (Wildman–Crippen MR) is 94.5 cm³/mol. The Morgan fingerprint density at radius 2 is 1.84 bits per heavy atom. The van der Waals surface area contributed by atoms with E-state index in [0.29, 0.717) is 22.6 Å². The molecule has 3 rings (SSSR count). The Balaban J connectivity index is 2.20. The van der Waals surface area contributed by atoms with Crippen LogP contribution in [0.2, 0.25) is 0 Å². The second-order valence-electron chi connectivity index (χ2n) is 5.43. The second kappa shape index (κ2) is 6.60. The van der Waals surface area contributed by atoms with Gasteiger partial charge in [-0.05, 0) is 36.4 Å². The Hall–Kier alpha value is -3.41. The molecule has 126 valence electrons. The van der Waals surface area contributed by atoms with Crippen LogP contribution in [0.5, 0.6) is 5.75 Å². The largest absolute Gasteiger partial charge is 0.497 e. The van der Waals surface area contributed by atoms with Crippen LogP contribution in [-0.2, 0) is 4.79 Å². The lowest BCUT2D eigenvalue weighted by atomic mass is 10.1. The lowest BCUT2D eigenvalue weighted by Crippen LogP contribution is -2.23. The number of aromatic nitrogens is 1. The number of nitrogens with zero attached hydrogens (tertiary/aromatic N) is 2. The van der Waals surface area contributed by atoms with Crippen molar-refractivity contribution in [1.82, 2.24) is 4.98 Å². The number of aromatic carboxylic acids is 1. The highest BCUT2D eigenvalue weighted by atomic mass is 16.5. The molecule has 6 heteroatoms. The molecule has 0 saturated carbocycles. The molecular formula is C19H16N2O4. The summed E-state index contributed by atoms with van der Waals surface area (Å²) in [6.07, 6.45) is 1.66. The van der Waals surface area contributed by atoms with E-state index in [9.17, 15) is 9.59 Å². The monoisotopic (exact) mass is 336 g/mol. The summed E-state index contributed by atoms with van der Waals surface area (Å²) in [7, 11) is 1.56. The smallest absolute Gasteiger partial charge is 0.335 e. The van der Waals surface area contributed by atoms with Crippen LogP contribution in [0.4, 0.5) is 11.4 Å². The highest BCUT2D eigenvalue weighted by Gasteiger charge is 2.19. The van der Waals surface area contributed by atoms with Crippen molar-refractivity contribution in [3.8, 4) is 5.75 Å². The molecule has 0 unspecified atom stereocenters. The maximum Gasteiger partial charge on any atom is 0.335 e. The molecule has 0 atom stereocenters. The quantitative estimate of drug-likeness (QED) is 0.787. The number of pyridine rings is 1. The zero-order valence-corrected chi connectivity index (χ0v) is 13.8. The van der Waals surface area contributed by atoms with Crippen molar-refractivity contribution in [3.05, 3.63) is 60.3 Å². The zero-order chi connectivity index (χ0) is 18.0. The van der Waals surface area contributed by atoms with Gasteiger partial charge in [-0.1, -0.05) is 6.07 Å². The molecule has 0 bridgehead atoms. The molecule has 2 aromatic carbocycles. The van der Waals surface area contributed by atoms with Crippen molar-refractivity contribution >= 4 is 34.2 Å². The number of carbonyl (C=O) groups is 2. The van der Waals surface area contributed by atoms with E-state index < -0.39 is 5.97 Å². The number of amides is 1. The van der Waals surface area contributed by atoms with Gasteiger partial charge in [-0.2, -0.15) is 0 Å². The number of benzene rings is 2. The predicted octanol–water partition coefficient (Wildman–Crippen LogP) is 3.63. The summed E-state index contributed by atoms with van der Waals surface area (Å²) in [6.45, 7) is 1.44. The first-order valence-electron chi connectivity index (χ1n) is 7.58. The Morgan fingerprint density at radius 1 is 1.12 bits per heavy atom. The Morgan fingerprint density at radius 3 is 2.44 bits per heavy atom. The van der Waals surface area contributed by atoms with Gasteiger partial charge in [0.15, 0.2) is 0 Å². The Bertz CT molecular complexity index is 951. The van der Waals surface area contributed by atoms with Gasteiger partial charge in [-0.3, -0.25) is 14.7 Å². The topological polar surface area (TPSA) is 79.7 Å². The van der Waals surface area contributed by atoms with Gasteiger partial charge >= 0.3 is 5.97 Å². The molecule has 0 aliphatic heterocycles. The van der Waals surface area contributed by atoms with Crippen LogP contribution >= 0.6 is 0 Å². The summed E-state index contributed by atoms with van der Waals surface area (Å²) >= 11 is 0. The molecular weight excluding hydrogens is 320 g/mol. The summed E-state index contributed by atoms with van der Waals surface area (Å²) in [5, 5.41) is 9.88. The molecule has 6 nitrogen and oxygen atoms in total. The lowest BCUT2D eigenvalue weighted by Gasteiger charge is -2.23. The average molecular weight is 336 g/mol. The minimum atomic E-state index is -1.02. The third-order valence-corrected chi connectivity index (χ3v) is 3.82. The lowest BCUT2D eigenvalue weighted by molar-refractivity contribution is -0.115. The van der Waals surface area contributed by atoms with E-state index in [0.717, 1.165) is 5.39 Å². The normalized spacial score (nSPS) is 10.5. The van der Waals surface area contributed by atoms with Crippen molar-refractivity contribution in [2.45, 2.75) is 6.92 Å². The molecule has 1 heterocycles. The number of ether oxygens (including phenoxy) is 1. The van der Waals surface area contributed by atoms with E-state index in [-0.39, 0.29) is 11.5 Å². The third-order valence-electron chi connectivity index (χ3n) is 3.82. The van der Waals surface area contributed by atoms with Gasteiger partial charge in [0.05, 0.1) is 23.9 Å². The van der Waals surface area contributed by atoms with Gasteiger partial charge in [0.1, 0.15) is 5.75 Å². The molecule has 3 aromatic rings. The van der Waals surface area contributed by atoms with Crippen LogP contribution in [0.1, 0.15) is 17.3 Å². The SMILES string of the molecule is COc1cc(N(C(C)=O)c2ccc(C(=O)O)cc2)c2ncccc2c1. The maximum absolute atomic E-state index is 12.3. The first-order valence-corrected chi connectivity index (χ1v) is 7.58. The van der Waals surface area contributed by atoms with Gasteiger partial charge in [0.25, 0.3) is 0 Å². The number of carboxylic acids is 1. The van der Waals surface area contributed by atoms with Crippen molar-refractivity contribution < 1.29 is 19.4 Å². The maximum atomic E-state index is 12.3. The van der Waals surface area contributed by atoms with Crippen LogP contribution in [0.3, 0.4) is 0 Å². The van der Waals surface area contributed by atoms with E-state index in [1.54, 1.807) is 31.5 Å². The Labute approximate surface area is 144 Å². The number of methoxy groups -OCH3 is 1. The van der Waals surface area contributed by atoms with Gasteiger partial charge in [-0.25, -0.2) is 4.79 Å². The minimum Gasteiger partial charge on any atom is -0.497 e. The zero-order valence-electron chi connectivity index (χ0n) is 13.8. The highest BCUT2D eigenvalue weighted by molar-refractivity contribution is 6.07. The number of hydrogen-bond donors (Lipinski definition) is 1. The summed E-state index contributed by atoms with van der Waals surface area (Å²) in [4.78, 5) is 29.3. The van der Waals surface area contributed by atoms with Crippen molar-refractivity contribution in [1.29, 1.82) is 0 Å². The highest BCUT2D eigenvalue weighted by Crippen LogP contribution is 2.35. The molecule has 1 aromatic heterocycles. The van der Waals surface area contributed by atoms with Gasteiger partial charge < -0.3 is 9.84 Å². The second-order valence-corrected chi connectivity index (χ2v) is 5.43. The van der Waals surface area contributed by atoms with E-state index in [1.165, 1.54) is 24.0 Å². The summed E-state index contributed by atoms with van der Waals surface area (Å²) in [6, 6.07) is 13.4. The van der Waals surface area contributed by atoms with Gasteiger partial charge in [0.2, 0.25) is 5.91 Å². The first kappa shape index (κ1) is 16.4. The van der Waals surface area contributed by atoms with Crippen molar-refractivity contribution in [2.24, 2.45) is 0 Å². The van der Waals surface area contributed by atoms with Gasteiger partial charge in [0, 0.05) is 30.3 Å². The summed E-state index contributed by atoms with van der Waals surface area (Å²) in [5.74, 6) is -0.637. The molecule has 0 spiro atoms. The van der Waals surface area contributed by atoms with Crippen LogP contribution in [0, 0.1) is 0 Å². The number of carbonyl (C=O) groups excluding carboxylic acids is 1. The molecule has 1 N–H and O–H groups in total. The van der Waals surface area contributed by atoms with Gasteiger partial charge in [-0.15, -0.1) is 0 Å². The summed E-state index contributed by atoms with van der Waals surface area (Å²) < 4.78 is 5.34. The van der Waals surface area contributed by atoms with E-state index in [2.05, 4.69) is 4.98 Å². The molecule has 0 saturated heterocycles. The molecule has 1 amide bonds. The number of fused-ring (bicyclic) bond motifs is 1. The van der Waals surface area contributed by atoms with E-state index in [4.69, 9.17) is 9.84 Å². The van der Waals surface area contributed by atoms with E-state index in [1.807, 2.05) is 18.2 Å².